The van der Waals surface area contributed by atoms with Gasteiger partial charge in [-0.3, -0.25) is 14.8 Å². The van der Waals surface area contributed by atoms with E-state index in [0.29, 0.717) is 6.07 Å². The van der Waals surface area contributed by atoms with Crippen LogP contribution in [-0.4, -0.2) is 28.9 Å². The quantitative estimate of drug-likeness (QED) is 0.460. The molecule has 0 radical (unpaired) electrons. The SMILES string of the molecule is Cn1cc(-c2cccc(CNc3ccc(S(=O)(=O)C(F)F)cc3[N+](=O)[O-])c2)cn1. The molecule has 0 aliphatic heterocycles. The maximum atomic E-state index is 12.7. The summed E-state index contributed by atoms with van der Waals surface area (Å²) in [5, 5.41) is 18.3. The number of halogens is 2. The number of rotatable bonds is 7. The minimum atomic E-state index is -4.92. The van der Waals surface area contributed by atoms with Crippen LogP contribution in [-0.2, 0) is 23.4 Å². The summed E-state index contributed by atoms with van der Waals surface area (Å²) >= 11 is 0. The monoisotopic (exact) mass is 422 g/mol. The molecule has 0 amide bonds. The maximum Gasteiger partial charge on any atom is 0.341 e. The van der Waals surface area contributed by atoms with E-state index >= 15 is 0 Å². The van der Waals surface area contributed by atoms with Crippen LogP contribution < -0.4 is 5.32 Å². The van der Waals surface area contributed by atoms with Crippen LogP contribution in [0.1, 0.15) is 5.56 Å². The first-order valence-corrected chi connectivity index (χ1v) is 9.85. The Morgan fingerprint density at radius 3 is 2.59 bits per heavy atom. The summed E-state index contributed by atoms with van der Waals surface area (Å²) in [5.41, 5.74) is 2.04. The fraction of sp³-hybridized carbons (Fsp3) is 0.167. The number of sulfone groups is 1. The van der Waals surface area contributed by atoms with Gasteiger partial charge in [-0.25, -0.2) is 8.42 Å². The zero-order valence-corrected chi connectivity index (χ0v) is 15.9. The van der Waals surface area contributed by atoms with Crippen molar-refractivity contribution in [3.05, 3.63) is 70.5 Å². The average Bonchev–Trinajstić information content (AvgIpc) is 3.12. The Morgan fingerprint density at radius 1 is 1.21 bits per heavy atom. The smallest absolute Gasteiger partial charge is 0.341 e. The van der Waals surface area contributed by atoms with E-state index in [-0.39, 0.29) is 12.2 Å². The molecule has 8 nitrogen and oxygen atoms in total. The van der Waals surface area contributed by atoms with Crippen LogP contribution in [0.4, 0.5) is 20.2 Å². The Kier molecular flexibility index (Phi) is 5.59. The van der Waals surface area contributed by atoms with Crippen molar-refractivity contribution in [2.45, 2.75) is 17.2 Å². The maximum absolute atomic E-state index is 12.7. The highest BCUT2D eigenvalue weighted by Gasteiger charge is 2.29. The molecular weight excluding hydrogens is 406 g/mol. The highest BCUT2D eigenvalue weighted by molar-refractivity contribution is 7.91. The Bertz CT molecular complexity index is 1160. The molecule has 3 aromatic rings. The van der Waals surface area contributed by atoms with Crippen molar-refractivity contribution < 1.29 is 22.1 Å². The van der Waals surface area contributed by atoms with Gasteiger partial charge in [0.15, 0.2) is 0 Å². The first-order valence-electron chi connectivity index (χ1n) is 8.31. The van der Waals surface area contributed by atoms with Crippen molar-refractivity contribution >= 4 is 21.2 Å². The normalized spacial score (nSPS) is 11.6. The van der Waals surface area contributed by atoms with E-state index < -0.39 is 31.1 Å². The Hall–Kier alpha value is -3.34. The third-order valence-corrected chi connectivity index (χ3v) is 5.56. The fourth-order valence-electron chi connectivity index (χ4n) is 2.72. The van der Waals surface area contributed by atoms with Crippen LogP contribution in [0.25, 0.3) is 11.1 Å². The van der Waals surface area contributed by atoms with E-state index in [4.69, 9.17) is 0 Å². The summed E-state index contributed by atoms with van der Waals surface area (Å²) in [7, 11) is -3.13. The van der Waals surface area contributed by atoms with E-state index in [2.05, 4.69) is 10.4 Å². The number of anilines is 1. The molecule has 2 aromatic carbocycles. The third kappa shape index (κ3) is 4.40. The molecule has 0 saturated carbocycles. The summed E-state index contributed by atoms with van der Waals surface area (Å²) in [4.78, 5) is 9.67. The van der Waals surface area contributed by atoms with Gasteiger partial charge in [-0.2, -0.15) is 13.9 Å². The number of benzene rings is 2. The van der Waals surface area contributed by atoms with Gasteiger partial charge in [-0.05, 0) is 29.3 Å². The summed E-state index contributed by atoms with van der Waals surface area (Å²) < 4.78 is 50.2. The van der Waals surface area contributed by atoms with Gasteiger partial charge in [0.25, 0.3) is 5.69 Å². The first-order chi connectivity index (χ1) is 13.7. The van der Waals surface area contributed by atoms with Gasteiger partial charge in [0.1, 0.15) is 5.69 Å². The van der Waals surface area contributed by atoms with E-state index in [9.17, 15) is 27.3 Å². The van der Waals surface area contributed by atoms with E-state index in [1.807, 2.05) is 30.5 Å². The van der Waals surface area contributed by atoms with Crippen molar-refractivity contribution in [2.24, 2.45) is 7.05 Å². The molecule has 0 atom stereocenters. The first kappa shape index (κ1) is 20.4. The van der Waals surface area contributed by atoms with Crippen molar-refractivity contribution in [3.8, 4) is 11.1 Å². The molecule has 1 heterocycles. The van der Waals surface area contributed by atoms with Gasteiger partial charge in [0.2, 0.25) is 9.84 Å². The predicted molar refractivity (Wildman–Crippen MR) is 102 cm³/mol. The number of aryl methyl sites for hydroxylation is 1. The molecule has 0 bridgehead atoms. The Labute approximate surface area is 164 Å². The van der Waals surface area contributed by atoms with Crippen LogP contribution in [0.3, 0.4) is 0 Å². The van der Waals surface area contributed by atoms with Gasteiger partial charge in [0, 0.05) is 31.4 Å². The van der Waals surface area contributed by atoms with Crippen LogP contribution in [0.5, 0.6) is 0 Å². The van der Waals surface area contributed by atoms with Crippen molar-refractivity contribution in [3.63, 3.8) is 0 Å². The highest BCUT2D eigenvalue weighted by atomic mass is 32.2. The molecule has 152 valence electrons. The molecular formula is C18H16F2N4O4S. The lowest BCUT2D eigenvalue weighted by Gasteiger charge is -2.10. The van der Waals surface area contributed by atoms with Gasteiger partial charge in [-0.15, -0.1) is 0 Å². The van der Waals surface area contributed by atoms with E-state index in [1.165, 1.54) is 0 Å². The molecule has 1 aromatic heterocycles. The highest BCUT2D eigenvalue weighted by Crippen LogP contribution is 2.30. The Morgan fingerprint density at radius 2 is 1.97 bits per heavy atom. The molecule has 11 heteroatoms. The summed E-state index contributed by atoms with van der Waals surface area (Å²) in [6, 6.07) is 10.1. The second-order valence-electron chi connectivity index (χ2n) is 6.20. The lowest BCUT2D eigenvalue weighted by atomic mass is 10.1. The fourth-order valence-corrected chi connectivity index (χ4v) is 3.46. The largest absolute Gasteiger partial charge is 0.375 e. The molecule has 0 unspecified atom stereocenters. The lowest BCUT2D eigenvalue weighted by molar-refractivity contribution is -0.384. The molecule has 0 saturated heterocycles. The topological polar surface area (TPSA) is 107 Å². The molecule has 0 aliphatic rings. The number of hydrogen-bond acceptors (Lipinski definition) is 6. The zero-order valence-electron chi connectivity index (χ0n) is 15.1. The standard InChI is InChI=1S/C18H16F2N4O4S/c1-23-11-14(10-22-23)13-4-2-3-12(7-13)9-21-16-6-5-15(8-17(16)24(25)26)29(27,28)18(19)20/h2-8,10-11,18,21H,9H2,1H3. The van der Waals surface area contributed by atoms with Gasteiger partial charge in [0.05, 0.1) is 16.0 Å². The Balaban J connectivity index is 1.85. The van der Waals surface area contributed by atoms with Crippen LogP contribution >= 0.6 is 0 Å². The second-order valence-corrected chi connectivity index (χ2v) is 8.12. The molecule has 29 heavy (non-hydrogen) atoms. The average molecular weight is 422 g/mol. The number of nitrogens with one attached hydrogen (secondary N) is 1. The molecule has 0 spiro atoms. The molecule has 0 fully saturated rings. The molecule has 1 N–H and O–H groups in total. The van der Waals surface area contributed by atoms with E-state index in [0.717, 1.165) is 28.8 Å². The number of nitrogens with zero attached hydrogens (tertiary/aromatic N) is 3. The summed E-state index contributed by atoms with van der Waals surface area (Å²) in [5.74, 6) is -3.66. The minimum absolute atomic E-state index is 0.0231. The number of aromatic nitrogens is 2. The number of nitro benzene ring substituents is 1. The van der Waals surface area contributed by atoms with Gasteiger partial charge < -0.3 is 5.32 Å². The van der Waals surface area contributed by atoms with E-state index in [1.54, 1.807) is 17.9 Å². The summed E-state index contributed by atoms with van der Waals surface area (Å²) in [6.07, 6.45) is 3.55. The van der Waals surface area contributed by atoms with Gasteiger partial charge >= 0.3 is 5.76 Å². The number of hydrogen-bond donors (Lipinski definition) is 1. The van der Waals surface area contributed by atoms with Crippen molar-refractivity contribution in [1.29, 1.82) is 0 Å². The third-order valence-electron chi connectivity index (χ3n) is 4.18. The number of nitro groups is 1. The van der Waals surface area contributed by atoms with Crippen LogP contribution in [0, 0.1) is 10.1 Å². The molecule has 0 aliphatic carbocycles. The number of alkyl halides is 2. The van der Waals surface area contributed by atoms with Gasteiger partial charge in [-0.1, -0.05) is 18.2 Å². The van der Waals surface area contributed by atoms with Crippen molar-refractivity contribution in [2.75, 3.05) is 5.32 Å². The van der Waals surface area contributed by atoms with Crippen LogP contribution in [0.2, 0.25) is 0 Å². The lowest BCUT2D eigenvalue weighted by Crippen LogP contribution is -2.12. The minimum Gasteiger partial charge on any atom is -0.375 e. The molecule has 3 rings (SSSR count). The predicted octanol–water partition coefficient (Wildman–Crippen LogP) is 3.60. The van der Waals surface area contributed by atoms with Crippen LogP contribution in [0.15, 0.2) is 59.8 Å². The zero-order chi connectivity index (χ0) is 21.2. The summed E-state index contributed by atoms with van der Waals surface area (Å²) in [6.45, 7) is 0.204. The second kappa shape index (κ2) is 7.95. The van der Waals surface area contributed by atoms with Crippen molar-refractivity contribution in [1.82, 2.24) is 9.78 Å².